The van der Waals surface area contributed by atoms with Crippen LogP contribution in [0.1, 0.15) is 31.2 Å². The van der Waals surface area contributed by atoms with Crippen LogP contribution in [0.4, 0.5) is 0 Å². The van der Waals surface area contributed by atoms with Crippen molar-refractivity contribution in [2.24, 2.45) is 5.92 Å². The molecule has 2 fully saturated rings. The summed E-state index contributed by atoms with van der Waals surface area (Å²) in [6.45, 7) is 7.65. The molecular weight excluding hydrogens is 556 g/mol. The minimum absolute atomic E-state index is 0.0927. The Morgan fingerprint density at radius 2 is 1.82 bits per heavy atom. The lowest BCUT2D eigenvalue weighted by molar-refractivity contribution is -0.140. The Hall–Kier alpha value is -3.31. The average molecular weight is 605 g/mol. The van der Waals surface area contributed by atoms with Gasteiger partial charge in [0.2, 0.25) is 5.91 Å². The zero-order valence-corrected chi connectivity index (χ0v) is 26.3. The van der Waals surface area contributed by atoms with Crippen LogP contribution in [0.3, 0.4) is 0 Å². The van der Waals surface area contributed by atoms with Crippen molar-refractivity contribution in [3.05, 3.63) is 70.8 Å². The summed E-state index contributed by atoms with van der Waals surface area (Å²) < 4.78 is 7.48. The highest BCUT2D eigenvalue weighted by molar-refractivity contribution is 5.79. The largest absolute Gasteiger partial charge is 0.492 e. The van der Waals surface area contributed by atoms with Crippen molar-refractivity contribution >= 4 is 16.8 Å². The van der Waals surface area contributed by atoms with Crippen LogP contribution in [-0.4, -0.2) is 114 Å². The maximum Gasteiger partial charge on any atom is 0.261 e. The normalized spacial score (nSPS) is 18.4. The number of hydrogen-bond acceptors (Lipinski definition) is 8. The van der Waals surface area contributed by atoms with Gasteiger partial charge in [0.05, 0.1) is 29.4 Å². The molecule has 0 aliphatic carbocycles. The van der Waals surface area contributed by atoms with Gasteiger partial charge in [-0.15, -0.1) is 0 Å². The van der Waals surface area contributed by atoms with E-state index in [0.29, 0.717) is 55.6 Å². The van der Waals surface area contributed by atoms with Crippen molar-refractivity contribution < 1.29 is 14.6 Å². The number of carbonyl (C=O) groups is 1. The highest BCUT2D eigenvalue weighted by Gasteiger charge is 2.36. The van der Waals surface area contributed by atoms with E-state index in [1.807, 2.05) is 42.3 Å². The van der Waals surface area contributed by atoms with E-state index >= 15 is 0 Å². The van der Waals surface area contributed by atoms with Crippen LogP contribution in [0.25, 0.3) is 10.9 Å². The third kappa shape index (κ3) is 8.44. The highest BCUT2D eigenvalue weighted by Crippen LogP contribution is 2.27. The van der Waals surface area contributed by atoms with Crippen molar-refractivity contribution in [1.82, 2.24) is 29.6 Å². The number of piperidine rings is 1. The Labute approximate surface area is 260 Å². The molecule has 238 valence electrons. The first-order valence-corrected chi connectivity index (χ1v) is 16.1. The Balaban J connectivity index is 1.16. The number of hydrogen-bond donors (Lipinski definition) is 2. The zero-order chi connectivity index (χ0) is 30.9. The summed E-state index contributed by atoms with van der Waals surface area (Å²) in [7, 11) is 4.07. The number of nitrogens with one attached hydrogen (secondary N) is 1. The molecule has 2 aromatic carbocycles. The number of likely N-dealkylation sites (tertiary alicyclic amines) is 1. The number of rotatable bonds is 13. The third-order valence-electron chi connectivity index (χ3n) is 9.19. The van der Waals surface area contributed by atoms with E-state index in [2.05, 4.69) is 39.3 Å². The van der Waals surface area contributed by atoms with Gasteiger partial charge in [0, 0.05) is 57.8 Å². The second kappa shape index (κ2) is 15.1. The van der Waals surface area contributed by atoms with Gasteiger partial charge in [-0.2, -0.15) is 0 Å². The molecule has 1 aromatic heterocycles. The second-order valence-corrected chi connectivity index (χ2v) is 12.5. The van der Waals surface area contributed by atoms with Gasteiger partial charge in [-0.25, -0.2) is 4.98 Å². The Morgan fingerprint density at radius 3 is 2.55 bits per heavy atom. The molecule has 10 heteroatoms. The number of amides is 1. The van der Waals surface area contributed by atoms with Crippen LogP contribution in [0.2, 0.25) is 0 Å². The molecule has 10 nitrogen and oxygen atoms in total. The van der Waals surface area contributed by atoms with Crippen molar-refractivity contribution in [2.45, 2.75) is 44.2 Å². The average Bonchev–Trinajstić information content (AvgIpc) is 3.03. The first-order valence-electron chi connectivity index (χ1n) is 16.1. The molecule has 3 heterocycles. The topological polar surface area (TPSA) is 103 Å². The minimum atomic E-state index is -1.08. The molecule has 0 radical (unpaired) electrons. The minimum Gasteiger partial charge on any atom is -0.492 e. The molecule has 0 saturated carbocycles. The SMILES string of the molecule is CNCCCC(Cc1ccccc1)C(=O)N1CCC(O)(Cn2cnc3cc(OCCN4CCN(C)CC4)ccc3c2=O)CC1. The molecule has 1 atom stereocenters. The number of aliphatic hydroxyl groups is 1. The maximum atomic E-state index is 13.6. The number of benzene rings is 2. The predicted molar refractivity (Wildman–Crippen MR) is 173 cm³/mol. The van der Waals surface area contributed by atoms with Gasteiger partial charge < -0.3 is 25.0 Å². The summed E-state index contributed by atoms with van der Waals surface area (Å²) in [4.78, 5) is 38.1. The summed E-state index contributed by atoms with van der Waals surface area (Å²) in [5.74, 6) is 0.756. The lowest BCUT2D eigenvalue weighted by Crippen LogP contribution is -2.51. The van der Waals surface area contributed by atoms with E-state index in [-0.39, 0.29) is 23.9 Å². The lowest BCUT2D eigenvalue weighted by Gasteiger charge is -2.39. The smallest absolute Gasteiger partial charge is 0.261 e. The highest BCUT2D eigenvalue weighted by atomic mass is 16.5. The van der Waals surface area contributed by atoms with Crippen LogP contribution in [0.15, 0.2) is 59.7 Å². The zero-order valence-electron chi connectivity index (χ0n) is 26.3. The summed E-state index contributed by atoms with van der Waals surface area (Å²) in [6, 6.07) is 15.6. The second-order valence-electron chi connectivity index (χ2n) is 12.5. The number of nitrogens with zero attached hydrogens (tertiary/aromatic N) is 5. The van der Waals surface area contributed by atoms with Crippen LogP contribution < -0.4 is 15.6 Å². The standard InChI is InChI=1S/C34H48N6O4/c1-35-14-6-9-28(23-27-7-4-3-5-8-27)32(41)39-15-12-34(43,13-16-39)25-40-26-36-31-24-29(10-11-30(31)33(40)42)44-22-21-38-19-17-37(2)18-20-38/h3-5,7-8,10-11,24,26,28,35,43H,6,9,12-23,25H2,1-2H3. The quantitative estimate of drug-likeness (QED) is 0.287. The number of carbonyl (C=O) groups excluding carboxylic acids is 1. The molecule has 5 rings (SSSR count). The monoisotopic (exact) mass is 604 g/mol. The van der Waals surface area contributed by atoms with Gasteiger partial charge >= 0.3 is 0 Å². The molecule has 2 aliphatic heterocycles. The number of piperazine rings is 1. The van der Waals surface area contributed by atoms with Gasteiger partial charge in [0.15, 0.2) is 0 Å². The fourth-order valence-electron chi connectivity index (χ4n) is 6.32. The summed E-state index contributed by atoms with van der Waals surface area (Å²) in [6.07, 6.45) is 4.81. The van der Waals surface area contributed by atoms with Gasteiger partial charge in [0.1, 0.15) is 12.4 Å². The molecule has 0 bridgehead atoms. The first-order chi connectivity index (χ1) is 21.3. The van der Waals surface area contributed by atoms with Gasteiger partial charge in [0.25, 0.3) is 5.56 Å². The Morgan fingerprint density at radius 1 is 1.07 bits per heavy atom. The number of aromatic nitrogens is 2. The van der Waals surface area contributed by atoms with Crippen molar-refractivity contribution in [2.75, 3.05) is 73.1 Å². The van der Waals surface area contributed by atoms with Crippen LogP contribution in [0, 0.1) is 5.92 Å². The van der Waals surface area contributed by atoms with Crippen LogP contribution in [-0.2, 0) is 17.8 Å². The first kappa shape index (κ1) is 32.1. The summed E-state index contributed by atoms with van der Waals surface area (Å²) >= 11 is 0. The van der Waals surface area contributed by atoms with Gasteiger partial charge in [-0.3, -0.25) is 19.1 Å². The molecular formula is C34H48N6O4. The van der Waals surface area contributed by atoms with E-state index in [4.69, 9.17) is 4.74 Å². The number of ether oxygens (including phenoxy) is 1. The Bertz CT molecular complexity index is 1410. The molecule has 1 unspecified atom stereocenters. The molecule has 2 N–H and O–H groups in total. The summed E-state index contributed by atoms with van der Waals surface area (Å²) in [5.41, 5.74) is 0.483. The van der Waals surface area contributed by atoms with Gasteiger partial charge in [-0.1, -0.05) is 30.3 Å². The molecule has 44 heavy (non-hydrogen) atoms. The van der Waals surface area contributed by atoms with E-state index in [1.165, 1.54) is 10.9 Å². The van der Waals surface area contributed by atoms with Crippen molar-refractivity contribution in [3.63, 3.8) is 0 Å². The third-order valence-corrected chi connectivity index (χ3v) is 9.19. The van der Waals surface area contributed by atoms with Crippen LogP contribution >= 0.6 is 0 Å². The van der Waals surface area contributed by atoms with E-state index < -0.39 is 5.60 Å². The van der Waals surface area contributed by atoms with E-state index in [1.54, 1.807) is 6.07 Å². The van der Waals surface area contributed by atoms with E-state index in [0.717, 1.165) is 57.7 Å². The summed E-state index contributed by atoms with van der Waals surface area (Å²) in [5, 5.41) is 15.1. The molecule has 1 amide bonds. The Kier molecular flexibility index (Phi) is 11.0. The van der Waals surface area contributed by atoms with Gasteiger partial charge in [-0.05, 0) is 70.4 Å². The molecule has 0 spiro atoms. The lowest BCUT2D eigenvalue weighted by atomic mass is 9.88. The number of fused-ring (bicyclic) bond motifs is 1. The fraction of sp³-hybridized carbons (Fsp3) is 0.559. The maximum absolute atomic E-state index is 13.6. The van der Waals surface area contributed by atoms with Crippen LogP contribution in [0.5, 0.6) is 5.75 Å². The molecule has 3 aromatic rings. The van der Waals surface area contributed by atoms with E-state index in [9.17, 15) is 14.7 Å². The molecule has 2 aliphatic rings. The molecule has 2 saturated heterocycles. The van der Waals surface area contributed by atoms with Crippen molar-refractivity contribution in [1.29, 1.82) is 0 Å². The number of likely N-dealkylation sites (N-methyl/N-ethyl adjacent to an activating group) is 1. The predicted octanol–water partition coefficient (Wildman–Crippen LogP) is 2.23. The fourth-order valence-corrected chi connectivity index (χ4v) is 6.32. The van der Waals surface area contributed by atoms with Crippen molar-refractivity contribution in [3.8, 4) is 5.75 Å².